The van der Waals surface area contributed by atoms with E-state index in [4.69, 9.17) is 11.6 Å². The molecule has 0 saturated carbocycles. The zero-order valence-corrected chi connectivity index (χ0v) is 17.1. The molecule has 2 heterocycles. The number of nitrogens with one attached hydrogen (secondary N) is 4. The van der Waals surface area contributed by atoms with Crippen LogP contribution in [0, 0.1) is 6.92 Å². The van der Waals surface area contributed by atoms with Crippen molar-refractivity contribution in [3.63, 3.8) is 0 Å². The van der Waals surface area contributed by atoms with Gasteiger partial charge in [0.25, 0.3) is 0 Å². The molecule has 0 unspecified atom stereocenters. The van der Waals surface area contributed by atoms with Crippen molar-refractivity contribution >= 4 is 41.6 Å². The molecule has 9 nitrogen and oxygen atoms in total. The molecule has 4 N–H and O–H groups in total. The number of rotatable bonds is 5. The highest BCUT2D eigenvalue weighted by atomic mass is 35.5. The minimum atomic E-state index is -0.350. The summed E-state index contributed by atoms with van der Waals surface area (Å²) in [5.41, 5.74) is 2.09. The van der Waals surface area contributed by atoms with Crippen LogP contribution in [-0.4, -0.2) is 46.6 Å². The molecule has 1 aromatic carbocycles. The van der Waals surface area contributed by atoms with E-state index in [1.165, 1.54) is 0 Å². The monoisotopic (exact) mass is 427 g/mol. The lowest BCUT2D eigenvalue weighted by Gasteiger charge is -2.10. The molecule has 28 heavy (non-hydrogen) atoms. The van der Waals surface area contributed by atoms with Crippen molar-refractivity contribution in [1.29, 1.82) is 0 Å². The SMILES string of the molecule is CNC(=O)[C@@H]1C[C@H](n2cc(CNC(=O)Nc3cccc(Cl)c3C)nn2)CN1.Cl. The molecule has 0 radical (unpaired) electrons. The average molecular weight is 428 g/mol. The molecule has 1 aromatic heterocycles. The standard InChI is InChI=1S/C17H22ClN7O2.ClH/c1-10-13(18)4-3-5-14(10)22-17(27)21-7-11-9-25(24-23-11)12-6-15(20-8-12)16(26)19-2;/h3-5,9,12,15,20H,6-8H2,1-2H3,(H,19,26)(H2,21,22,27);1H/t12-,15-;/m0./s1. The van der Waals surface area contributed by atoms with E-state index in [9.17, 15) is 9.59 Å². The summed E-state index contributed by atoms with van der Waals surface area (Å²) in [4.78, 5) is 23.8. The van der Waals surface area contributed by atoms with E-state index in [-0.39, 0.29) is 43.0 Å². The lowest BCUT2D eigenvalue weighted by Crippen LogP contribution is -2.38. The number of aromatic nitrogens is 3. The van der Waals surface area contributed by atoms with E-state index in [2.05, 4.69) is 31.6 Å². The second-order valence-electron chi connectivity index (χ2n) is 6.37. The molecule has 0 aliphatic carbocycles. The first-order chi connectivity index (χ1) is 13.0. The summed E-state index contributed by atoms with van der Waals surface area (Å²) in [6, 6.07) is 4.81. The first-order valence-electron chi connectivity index (χ1n) is 8.63. The number of benzene rings is 1. The van der Waals surface area contributed by atoms with Gasteiger partial charge in [0, 0.05) is 24.3 Å². The Morgan fingerprint density at radius 1 is 1.39 bits per heavy atom. The van der Waals surface area contributed by atoms with Gasteiger partial charge in [-0.25, -0.2) is 9.48 Å². The molecular formula is C17H23Cl2N7O2. The van der Waals surface area contributed by atoms with E-state index in [0.717, 1.165) is 5.56 Å². The molecule has 152 valence electrons. The number of carbonyl (C=O) groups is 2. The third-order valence-electron chi connectivity index (χ3n) is 4.55. The van der Waals surface area contributed by atoms with Crippen molar-refractivity contribution in [1.82, 2.24) is 30.9 Å². The molecule has 3 rings (SSSR count). The quantitative estimate of drug-likeness (QED) is 0.578. The van der Waals surface area contributed by atoms with Crippen molar-refractivity contribution in [2.45, 2.75) is 32.0 Å². The number of urea groups is 1. The molecule has 1 fully saturated rings. The van der Waals surface area contributed by atoms with Gasteiger partial charge in [-0.2, -0.15) is 0 Å². The van der Waals surface area contributed by atoms with Gasteiger partial charge in [-0.15, -0.1) is 17.5 Å². The van der Waals surface area contributed by atoms with Crippen LogP contribution in [0.25, 0.3) is 0 Å². The van der Waals surface area contributed by atoms with Crippen LogP contribution >= 0.6 is 24.0 Å². The van der Waals surface area contributed by atoms with Gasteiger partial charge in [-0.1, -0.05) is 22.9 Å². The van der Waals surface area contributed by atoms with Gasteiger partial charge < -0.3 is 21.3 Å². The maximum atomic E-state index is 12.1. The lowest BCUT2D eigenvalue weighted by atomic mass is 10.1. The zero-order valence-electron chi connectivity index (χ0n) is 15.5. The van der Waals surface area contributed by atoms with E-state index in [0.29, 0.717) is 29.4 Å². The minimum Gasteiger partial charge on any atom is -0.358 e. The largest absolute Gasteiger partial charge is 0.358 e. The number of carbonyl (C=O) groups excluding carboxylic acids is 2. The minimum absolute atomic E-state index is 0. The highest BCUT2D eigenvalue weighted by Crippen LogP contribution is 2.23. The molecule has 1 saturated heterocycles. The fourth-order valence-electron chi connectivity index (χ4n) is 2.95. The van der Waals surface area contributed by atoms with Crippen molar-refractivity contribution in [3.8, 4) is 0 Å². The Labute approximate surface area is 174 Å². The van der Waals surface area contributed by atoms with Crippen LogP contribution in [-0.2, 0) is 11.3 Å². The predicted octanol–water partition coefficient (Wildman–Crippen LogP) is 1.63. The number of halogens is 2. The Morgan fingerprint density at radius 2 is 2.18 bits per heavy atom. The van der Waals surface area contributed by atoms with Crippen LogP contribution in [0.1, 0.15) is 23.7 Å². The second-order valence-corrected chi connectivity index (χ2v) is 6.78. The smallest absolute Gasteiger partial charge is 0.319 e. The molecule has 1 aliphatic heterocycles. The summed E-state index contributed by atoms with van der Waals surface area (Å²) < 4.78 is 1.73. The molecule has 0 bridgehead atoms. The topological polar surface area (TPSA) is 113 Å². The Hall–Kier alpha value is -2.36. The Bertz CT molecular complexity index is 843. The second kappa shape index (κ2) is 9.72. The van der Waals surface area contributed by atoms with Crippen LogP contribution in [0.5, 0.6) is 0 Å². The van der Waals surface area contributed by atoms with Crippen molar-refractivity contribution in [3.05, 3.63) is 40.7 Å². The fraction of sp³-hybridized carbons (Fsp3) is 0.412. The van der Waals surface area contributed by atoms with Gasteiger partial charge in [0.05, 0.1) is 24.8 Å². The van der Waals surface area contributed by atoms with Crippen molar-refractivity contribution in [2.75, 3.05) is 18.9 Å². The van der Waals surface area contributed by atoms with Crippen LogP contribution < -0.4 is 21.3 Å². The van der Waals surface area contributed by atoms with Crippen LogP contribution in [0.3, 0.4) is 0 Å². The highest BCUT2D eigenvalue weighted by molar-refractivity contribution is 6.31. The Kier molecular flexibility index (Phi) is 7.61. The zero-order chi connectivity index (χ0) is 19.4. The maximum Gasteiger partial charge on any atom is 0.319 e. The van der Waals surface area contributed by atoms with Crippen molar-refractivity contribution < 1.29 is 9.59 Å². The molecule has 3 amide bonds. The summed E-state index contributed by atoms with van der Waals surface area (Å²) >= 11 is 6.05. The molecule has 0 spiro atoms. The third kappa shape index (κ3) is 5.12. The highest BCUT2D eigenvalue weighted by Gasteiger charge is 2.30. The Morgan fingerprint density at radius 3 is 2.93 bits per heavy atom. The number of hydrogen-bond acceptors (Lipinski definition) is 5. The van der Waals surface area contributed by atoms with Crippen LogP contribution in [0.2, 0.25) is 5.02 Å². The number of nitrogens with zero attached hydrogens (tertiary/aromatic N) is 3. The third-order valence-corrected chi connectivity index (χ3v) is 4.96. The molecule has 2 aromatic rings. The molecule has 1 aliphatic rings. The lowest BCUT2D eigenvalue weighted by molar-refractivity contribution is -0.122. The van der Waals surface area contributed by atoms with E-state index >= 15 is 0 Å². The molecule has 11 heteroatoms. The van der Waals surface area contributed by atoms with E-state index < -0.39 is 0 Å². The van der Waals surface area contributed by atoms with E-state index in [1.54, 1.807) is 36.1 Å². The first-order valence-corrected chi connectivity index (χ1v) is 9.01. The number of likely N-dealkylation sites (N-methyl/N-ethyl adjacent to an activating group) is 1. The summed E-state index contributed by atoms with van der Waals surface area (Å²) in [5.74, 6) is -0.0347. The summed E-state index contributed by atoms with van der Waals surface area (Å²) in [6.45, 7) is 2.72. The average Bonchev–Trinajstić information content (AvgIpc) is 3.32. The van der Waals surface area contributed by atoms with Gasteiger partial charge >= 0.3 is 6.03 Å². The van der Waals surface area contributed by atoms with E-state index in [1.807, 2.05) is 6.92 Å². The normalized spacial score (nSPS) is 18.2. The van der Waals surface area contributed by atoms with Gasteiger partial charge in [0.1, 0.15) is 5.69 Å². The first kappa shape index (κ1) is 21.9. The maximum absolute atomic E-state index is 12.1. The van der Waals surface area contributed by atoms with Gasteiger partial charge in [0.2, 0.25) is 5.91 Å². The molecule has 2 atom stereocenters. The summed E-state index contributed by atoms with van der Waals surface area (Å²) in [6.07, 6.45) is 2.42. The predicted molar refractivity (Wildman–Crippen MR) is 109 cm³/mol. The Balaban J connectivity index is 0.00000280. The van der Waals surface area contributed by atoms with Gasteiger partial charge in [-0.05, 0) is 31.0 Å². The van der Waals surface area contributed by atoms with Gasteiger partial charge in [-0.3, -0.25) is 4.79 Å². The summed E-state index contributed by atoms with van der Waals surface area (Å²) in [7, 11) is 1.62. The number of amides is 3. The number of hydrogen-bond donors (Lipinski definition) is 4. The van der Waals surface area contributed by atoms with Crippen LogP contribution in [0.4, 0.5) is 10.5 Å². The number of anilines is 1. The molecular weight excluding hydrogens is 405 g/mol. The fourth-order valence-corrected chi connectivity index (χ4v) is 3.12. The van der Waals surface area contributed by atoms with Crippen LogP contribution in [0.15, 0.2) is 24.4 Å². The summed E-state index contributed by atoms with van der Waals surface area (Å²) in [5, 5.41) is 20.1. The van der Waals surface area contributed by atoms with Crippen molar-refractivity contribution in [2.24, 2.45) is 0 Å². The van der Waals surface area contributed by atoms with Gasteiger partial charge in [0.15, 0.2) is 0 Å².